The van der Waals surface area contributed by atoms with Gasteiger partial charge in [0.2, 0.25) is 10.0 Å². The van der Waals surface area contributed by atoms with E-state index in [4.69, 9.17) is 14.6 Å². The predicted molar refractivity (Wildman–Crippen MR) is 94.3 cm³/mol. The van der Waals surface area contributed by atoms with Crippen LogP contribution < -0.4 is 15.2 Å². The molecule has 0 radical (unpaired) electrons. The number of hydrogen-bond acceptors (Lipinski definition) is 6. The molecule has 1 atom stereocenters. The number of ether oxygens (including phenoxy) is 2. The highest BCUT2D eigenvalue weighted by molar-refractivity contribution is 7.89. The Kier molecular flexibility index (Phi) is 6.13. The number of esters is 1. The summed E-state index contributed by atoms with van der Waals surface area (Å²) in [6.45, 7) is 1.29. The molecule has 1 amide bonds. The molecular weight excluding hydrogens is 379 g/mol. The topological polar surface area (TPSA) is 125 Å². The number of amides is 1. The first-order valence-electron chi connectivity index (χ1n) is 7.60. The first kappa shape index (κ1) is 20.3. The average Bonchev–Trinajstić information content (AvgIpc) is 2.61. The van der Waals surface area contributed by atoms with Gasteiger partial charge < -0.3 is 14.8 Å². The lowest BCUT2D eigenvalue weighted by molar-refractivity contribution is -0.123. The summed E-state index contributed by atoms with van der Waals surface area (Å²) in [6.07, 6.45) is -1.28. The molecule has 0 aromatic heterocycles. The maximum Gasteiger partial charge on any atom is 0.341 e. The van der Waals surface area contributed by atoms with Gasteiger partial charge in [-0.05, 0) is 37.3 Å². The van der Waals surface area contributed by atoms with E-state index in [1.54, 1.807) is 24.3 Å². The van der Waals surface area contributed by atoms with E-state index >= 15 is 0 Å². The molecule has 0 spiro atoms. The zero-order valence-electron chi connectivity index (χ0n) is 14.4. The summed E-state index contributed by atoms with van der Waals surface area (Å²) < 4.78 is 46.5. The fourth-order valence-corrected chi connectivity index (χ4v) is 2.60. The van der Waals surface area contributed by atoms with Crippen molar-refractivity contribution in [1.82, 2.24) is 0 Å². The SMILES string of the molecule is COc1cccc(NC(=O)[C@@H](C)OC(=O)c2cc(S(N)(=O)=O)ccc2F)c1. The fourth-order valence-electron chi connectivity index (χ4n) is 2.06. The van der Waals surface area contributed by atoms with Crippen molar-refractivity contribution in [2.45, 2.75) is 17.9 Å². The summed E-state index contributed by atoms with van der Waals surface area (Å²) >= 11 is 0. The van der Waals surface area contributed by atoms with Crippen molar-refractivity contribution >= 4 is 27.6 Å². The Morgan fingerprint density at radius 2 is 1.89 bits per heavy atom. The quantitative estimate of drug-likeness (QED) is 0.716. The van der Waals surface area contributed by atoms with Gasteiger partial charge in [-0.1, -0.05) is 6.07 Å². The van der Waals surface area contributed by atoms with Crippen molar-refractivity contribution in [2.75, 3.05) is 12.4 Å². The number of carbonyl (C=O) groups excluding carboxylic acids is 2. The molecule has 0 saturated carbocycles. The molecular formula is C17H17FN2O6S. The van der Waals surface area contributed by atoms with Gasteiger partial charge in [-0.15, -0.1) is 0 Å². The van der Waals surface area contributed by atoms with Crippen LogP contribution in [0.1, 0.15) is 17.3 Å². The molecule has 2 aromatic carbocycles. The highest BCUT2D eigenvalue weighted by Gasteiger charge is 2.23. The van der Waals surface area contributed by atoms with Gasteiger partial charge in [-0.25, -0.2) is 22.7 Å². The van der Waals surface area contributed by atoms with E-state index in [1.165, 1.54) is 14.0 Å². The molecule has 0 fully saturated rings. The number of halogens is 1. The lowest BCUT2D eigenvalue weighted by atomic mass is 10.2. The molecule has 0 unspecified atom stereocenters. The van der Waals surface area contributed by atoms with Crippen LogP contribution in [-0.4, -0.2) is 33.5 Å². The third kappa shape index (κ3) is 5.25. The number of nitrogens with two attached hydrogens (primary N) is 1. The molecule has 2 aromatic rings. The lowest BCUT2D eigenvalue weighted by Crippen LogP contribution is -2.30. The third-order valence-corrected chi connectivity index (χ3v) is 4.39. The highest BCUT2D eigenvalue weighted by Crippen LogP contribution is 2.18. The molecule has 144 valence electrons. The minimum atomic E-state index is -4.13. The zero-order valence-corrected chi connectivity index (χ0v) is 15.2. The number of primary sulfonamides is 1. The number of hydrogen-bond donors (Lipinski definition) is 2. The summed E-state index contributed by atoms with van der Waals surface area (Å²) in [7, 11) is -2.67. The molecule has 0 bridgehead atoms. The van der Waals surface area contributed by atoms with Gasteiger partial charge in [0.1, 0.15) is 11.6 Å². The van der Waals surface area contributed by atoms with Crippen molar-refractivity contribution in [3.63, 3.8) is 0 Å². The molecule has 0 aliphatic carbocycles. The van der Waals surface area contributed by atoms with Crippen LogP contribution in [0.5, 0.6) is 5.75 Å². The predicted octanol–water partition coefficient (Wildman–Crippen LogP) is 1.67. The van der Waals surface area contributed by atoms with E-state index in [1.807, 2.05) is 0 Å². The van der Waals surface area contributed by atoms with Gasteiger partial charge in [-0.3, -0.25) is 4.79 Å². The Bertz CT molecular complexity index is 977. The third-order valence-electron chi connectivity index (χ3n) is 3.48. The summed E-state index contributed by atoms with van der Waals surface area (Å²) in [5.74, 6) is -2.36. The van der Waals surface area contributed by atoms with Crippen molar-refractivity contribution < 1.29 is 31.9 Å². The van der Waals surface area contributed by atoms with E-state index in [2.05, 4.69) is 5.32 Å². The van der Waals surface area contributed by atoms with Crippen LogP contribution in [0.25, 0.3) is 0 Å². The number of methoxy groups -OCH3 is 1. The Hall–Kier alpha value is -2.98. The number of rotatable bonds is 6. The zero-order chi connectivity index (χ0) is 20.2. The number of sulfonamides is 1. The molecule has 0 aliphatic heterocycles. The second-order valence-corrected chi connectivity index (χ2v) is 7.02. The minimum absolute atomic E-state index is 0.407. The second-order valence-electron chi connectivity index (χ2n) is 5.46. The molecule has 8 nitrogen and oxygen atoms in total. The normalized spacial score (nSPS) is 12.1. The highest BCUT2D eigenvalue weighted by atomic mass is 32.2. The van der Waals surface area contributed by atoms with E-state index in [0.717, 1.165) is 18.2 Å². The average molecular weight is 396 g/mol. The van der Waals surface area contributed by atoms with Crippen LogP contribution in [0.4, 0.5) is 10.1 Å². The number of benzene rings is 2. The fraction of sp³-hybridized carbons (Fsp3) is 0.176. The Balaban J connectivity index is 2.11. The summed E-state index contributed by atoms with van der Waals surface area (Å²) in [4.78, 5) is 23.8. The maximum absolute atomic E-state index is 13.8. The van der Waals surface area contributed by atoms with E-state index in [-0.39, 0.29) is 0 Å². The van der Waals surface area contributed by atoms with Crippen molar-refractivity contribution in [3.05, 3.63) is 53.8 Å². The molecule has 0 heterocycles. The smallest absolute Gasteiger partial charge is 0.341 e. The van der Waals surface area contributed by atoms with Crippen molar-refractivity contribution in [3.8, 4) is 5.75 Å². The molecule has 2 rings (SSSR count). The number of anilines is 1. The number of carbonyl (C=O) groups is 2. The van der Waals surface area contributed by atoms with E-state index in [0.29, 0.717) is 11.4 Å². The van der Waals surface area contributed by atoms with Crippen molar-refractivity contribution in [1.29, 1.82) is 0 Å². The first-order chi connectivity index (χ1) is 12.6. The van der Waals surface area contributed by atoms with Crippen molar-refractivity contribution in [2.24, 2.45) is 5.14 Å². The molecule has 0 saturated heterocycles. The van der Waals surface area contributed by atoms with Crippen LogP contribution in [0, 0.1) is 5.82 Å². The van der Waals surface area contributed by atoms with Crippen LogP contribution in [0.3, 0.4) is 0 Å². The Morgan fingerprint density at radius 3 is 2.52 bits per heavy atom. The Labute approximate surface area is 155 Å². The second kappa shape index (κ2) is 8.14. The maximum atomic E-state index is 13.8. The monoisotopic (exact) mass is 396 g/mol. The summed E-state index contributed by atoms with van der Waals surface area (Å²) in [5.41, 5.74) is -0.243. The number of nitrogens with one attached hydrogen (secondary N) is 1. The van der Waals surface area contributed by atoms with Crippen LogP contribution >= 0.6 is 0 Å². The lowest BCUT2D eigenvalue weighted by Gasteiger charge is -2.14. The standard InChI is InChI=1S/C17H17FN2O6S/c1-10(16(21)20-11-4-3-5-12(8-11)25-2)26-17(22)14-9-13(27(19,23)24)6-7-15(14)18/h3-10H,1-2H3,(H,20,21)(H2,19,23,24)/t10-/m1/s1. The van der Waals surface area contributed by atoms with Gasteiger partial charge in [0.05, 0.1) is 17.6 Å². The van der Waals surface area contributed by atoms with E-state index < -0.39 is 44.3 Å². The molecule has 3 N–H and O–H groups in total. The summed E-state index contributed by atoms with van der Waals surface area (Å²) in [5, 5.41) is 7.48. The summed E-state index contributed by atoms with van der Waals surface area (Å²) in [6, 6.07) is 8.93. The van der Waals surface area contributed by atoms with Crippen LogP contribution in [0.2, 0.25) is 0 Å². The molecule has 0 aliphatic rings. The molecule has 10 heteroatoms. The first-order valence-corrected chi connectivity index (χ1v) is 9.14. The molecule has 27 heavy (non-hydrogen) atoms. The van der Waals surface area contributed by atoms with Crippen LogP contribution in [-0.2, 0) is 19.6 Å². The van der Waals surface area contributed by atoms with Gasteiger partial charge in [0.25, 0.3) is 5.91 Å². The minimum Gasteiger partial charge on any atom is -0.497 e. The largest absolute Gasteiger partial charge is 0.497 e. The van der Waals surface area contributed by atoms with E-state index in [9.17, 15) is 22.4 Å². The van der Waals surface area contributed by atoms with Gasteiger partial charge in [0.15, 0.2) is 6.10 Å². The van der Waals surface area contributed by atoms with Gasteiger partial charge >= 0.3 is 5.97 Å². The van der Waals surface area contributed by atoms with Crippen LogP contribution in [0.15, 0.2) is 47.4 Å². The Morgan fingerprint density at radius 1 is 1.19 bits per heavy atom. The van der Waals surface area contributed by atoms with Gasteiger partial charge in [-0.2, -0.15) is 0 Å². The van der Waals surface area contributed by atoms with Gasteiger partial charge in [0, 0.05) is 11.8 Å².